The first-order valence-corrected chi connectivity index (χ1v) is 7.11. The Morgan fingerprint density at radius 3 is 2.23 bits per heavy atom. The fourth-order valence-electron chi connectivity index (χ4n) is 2.14. The molecule has 0 spiro atoms. The van der Waals surface area contributed by atoms with Gasteiger partial charge in [-0.15, -0.1) is 0 Å². The third-order valence-corrected chi connectivity index (χ3v) is 3.71. The Hall–Kier alpha value is -2.53. The first-order chi connectivity index (χ1) is 10.7. The van der Waals surface area contributed by atoms with E-state index in [1.54, 1.807) is 24.5 Å². The van der Waals surface area contributed by atoms with Crippen molar-refractivity contribution in [3.8, 4) is 0 Å². The van der Waals surface area contributed by atoms with Gasteiger partial charge in [-0.25, -0.2) is 0 Å². The summed E-state index contributed by atoms with van der Waals surface area (Å²) in [5, 5.41) is 6.50. The van der Waals surface area contributed by atoms with Crippen LogP contribution in [0.5, 0.6) is 0 Å². The van der Waals surface area contributed by atoms with Gasteiger partial charge in [0.25, 0.3) is 10.9 Å². The van der Waals surface area contributed by atoms with Crippen LogP contribution in [0.15, 0.2) is 56.7 Å². The van der Waals surface area contributed by atoms with Crippen molar-refractivity contribution in [1.29, 1.82) is 0 Å². The lowest BCUT2D eigenvalue weighted by Crippen LogP contribution is -2.37. The van der Waals surface area contributed by atoms with E-state index in [0.717, 1.165) is 5.56 Å². The van der Waals surface area contributed by atoms with E-state index in [1.807, 2.05) is 18.2 Å². The molecule has 3 aromatic rings. The number of furan rings is 1. The molecule has 0 amide bonds. The zero-order valence-electron chi connectivity index (χ0n) is 11.6. The fourth-order valence-corrected chi connectivity index (χ4v) is 2.35. The molecule has 6 heteroatoms. The molecular formula is C16H13ClN2O3. The highest BCUT2D eigenvalue weighted by atomic mass is 35.5. The molecule has 0 atom stereocenters. The van der Waals surface area contributed by atoms with Crippen LogP contribution in [0.1, 0.15) is 11.3 Å². The van der Waals surface area contributed by atoms with Crippen molar-refractivity contribution in [3.05, 3.63) is 79.5 Å². The Labute approximate surface area is 131 Å². The summed E-state index contributed by atoms with van der Waals surface area (Å²) in [5.41, 5.74) is 0.390. The molecule has 0 bridgehead atoms. The molecule has 5 nitrogen and oxygen atoms in total. The number of hydrogen-bond donors (Lipinski definition) is 2. The van der Waals surface area contributed by atoms with Crippen molar-refractivity contribution in [1.82, 2.24) is 0 Å². The Balaban J connectivity index is 1.69. The van der Waals surface area contributed by atoms with Gasteiger partial charge in [0.15, 0.2) is 0 Å². The molecule has 0 aliphatic rings. The number of benzene rings is 1. The highest BCUT2D eigenvalue weighted by molar-refractivity contribution is 6.31. The third-order valence-electron chi connectivity index (χ3n) is 3.34. The van der Waals surface area contributed by atoms with Crippen molar-refractivity contribution in [2.45, 2.75) is 13.1 Å². The quantitative estimate of drug-likeness (QED) is 0.684. The first kappa shape index (κ1) is 14.4. The Morgan fingerprint density at radius 1 is 0.909 bits per heavy atom. The second-order valence-corrected chi connectivity index (χ2v) is 5.19. The fraction of sp³-hybridized carbons (Fsp3) is 0.125. The van der Waals surface area contributed by atoms with Crippen LogP contribution < -0.4 is 21.5 Å². The van der Waals surface area contributed by atoms with E-state index in [0.29, 0.717) is 23.9 Å². The number of nitrogens with one attached hydrogen (secondary N) is 2. The van der Waals surface area contributed by atoms with Gasteiger partial charge >= 0.3 is 0 Å². The van der Waals surface area contributed by atoms with E-state index in [1.165, 1.54) is 0 Å². The molecule has 2 N–H and O–H groups in total. The molecule has 3 rings (SSSR count). The summed E-state index contributed by atoms with van der Waals surface area (Å²) in [4.78, 5) is 23.3. The lowest BCUT2D eigenvalue weighted by molar-refractivity contribution is 0.518. The summed E-state index contributed by atoms with van der Waals surface area (Å²) in [6.45, 7) is 0.721. The van der Waals surface area contributed by atoms with E-state index in [9.17, 15) is 9.59 Å². The molecule has 0 saturated carbocycles. The predicted octanol–water partition coefficient (Wildman–Crippen LogP) is 2.75. The van der Waals surface area contributed by atoms with Crippen molar-refractivity contribution in [2.75, 3.05) is 10.6 Å². The topological polar surface area (TPSA) is 71.3 Å². The average Bonchev–Trinajstić information content (AvgIpc) is 3.04. The zero-order valence-corrected chi connectivity index (χ0v) is 12.3. The Kier molecular flexibility index (Phi) is 3.98. The van der Waals surface area contributed by atoms with Gasteiger partial charge in [-0.05, 0) is 23.8 Å². The van der Waals surface area contributed by atoms with Crippen LogP contribution in [0.3, 0.4) is 0 Å². The number of rotatable bonds is 6. The van der Waals surface area contributed by atoms with Crippen molar-refractivity contribution < 1.29 is 4.42 Å². The van der Waals surface area contributed by atoms with Crippen molar-refractivity contribution >= 4 is 23.0 Å². The average molecular weight is 317 g/mol. The molecule has 0 radical (unpaired) electrons. The summed E-state index contributed by atoms with van der Waals surface area (Å²) in [5.74, 6) is 0.685. The third kappa shape index (κ3) is 2.76. The molecule has 1 heterocycles. The van der Waals surface area contributed by atoms with E-state index in [2.05, 4.69) is 10.6 Å². The van der Waals surface area contributed by atoms with Crippen molar-refractivity contribution in [2.24, 2.45) is 0 Å². The summed E-state index contributed by atoms with van der Waals surface area (Å²) in [7, 11) is 0. The summed E-state index contributed by atoms with van der Waals surface area (Å²) >= 11 is 6.06. The van der Waals surface area contributed by atoms with Crippen LogP contribution in [0, 0.1) is 0 Å². The minimum atomic E-state index is -0.520. The molecule has 0 aliphatic carbocycles. The normalized spacial score (nSPS) is 10.8. The SMILES string of the molecule is O=c1c(NCc2ccco2)c(NCc2ccccc2Cl)c1=O. The van der Waals surface area contributed by atoms with Crippen LogP contribution in [-0.4, -0.2) is 0 Å². The van der Waals surface area contributed by atoms with Crippen LogP contribution >= 0.6 is 11.6 Å². The Morgan fingerprint density at radius 2 is 1.59 bits per heavy atom. The highest BCUT2D eigenvalue weighted by Crippen LogP contribution is 2.20. The van der Waals surface area contributed by atoms with Crippen LogP contribution in [-0.2, 0) is 13.1 Å². The molecule has 2 aromatic carbocycles. The van der Waals surface area contributed by atoms with Gasteiger partial charge in [-0.2, -0.15) is 0 Å². The predicted molar refractivity (Wildman–Crippen MR) is 86.2 cm³/mol. The van der Waals surface area contributed by atoms with Gasteiger partial charge in [0.05, 0.1) is 12.8 Å². The first-order valence-electron chi connectivity index (χ1n) is 6.73. The van der Waals surface area contributed by atoms with E-state index < -0.39 is 10.9 Å². The van der Waals surface area contributed by atoms with Gasteiger partial charge in [0.2, 0.25) is 0 Å². The van der Waals surface area contributed by atoms with E-state index >= 15 is 0 Å². The van der Waals surface area contributed by atoms with Crippen LogP contribution in [0.4, 0.5) is 11.4 Å². The van der Waals surface area contributed by atoms with Crippen molar-refractivity contribution in [3.63, 3.8) is 0 Å². The summed E-state index contributed by atoms with van der Waals surface area (Å²) in [6, 6.07) is 10.9. The molecule has 0 fully saturated rings. The largest absolute Gasteiger partial charge is 0.467 e. The second kappa shape index (κ2) is 6.07. The van der Waals surface area contributed by atoms with E-state index in [-0.39, 0.29) is 11.4 Å². The lowest BCUT2D eigenvalue weighted by Gasteiger charge is -2.14. The van der Waals surface area contributed by atoms with Gasteiger partial charge < -0.3 is 15.1 Å². The molecule has 22 heavy (non-hydrogen) atoms. The maximum absolute atomic E-state index is 11.7. The lowest BCUT2D eigenvalue weighted by atomic mass is 10.1. The van der Waals surface area contributed by atoms with Crippen LogP contribution in [0.25, 0.3) is 0 Å². The molecule has 0 unspecified atom stereocenters. The summed E-state index contributed by atoms with van der Waals surface area (Å²) < 4.78 is 5.18. The van der Waals surface area contributed by atoms with Gasteiger partial charge in [0, 0.05) is 11.6 Å². The van der Waals surface area contributed by atoms with Crippen LogP contribution in [0.2, 0.25) is 5.02 Å². The minimum absolute atomic E-state index is 0.286. The molecule has 0 saturated heterocycles. The zero-order chi connectivity index (χ0) is 15.5. The van der Waals surface area contributed by atoms with E-state index in [4.69, 9.17) is 16.0 Å². The standard InChI is InChI=1S/C16H13ClN2O3/c17-12-6-2-1-4-10(12)8-18-13-14(16(21)15(13)20)19-9-11-5-3-7-22-11/h1-7,18-19H,8-9H2. The smallest absolute Gasteiger partial charge is 0.253 e. The maximum atomic E-state index is 11.7. The number of halogens is 1. The Bertz CT molecular complexity index is 849. The minimum Gasteiger partial charge on any atom is -0.467 e. The highest BCUT2D eigenvalue weighted by Gasteiger charge is 2.20. The molecule has 112 valence electrons. The maximum Gasteiger partial charge on any atom is 0.253 e. The second-order valence-electron chi connectivity index (χ2n) is 4.79. The monoisotopic (exact) mass is 316 g/mol. The summed E-state index contributed by atoms with van der Waals surface area (Å²) in [6.07, 6.45) is 1.55. The number of hydrogen-bond acceptors (Lipinski definition) is 5. The molecule has 0 aliphatic heterocycles. The van der Waals surface area contributed by atoms with Gasteiger partial charge in [0.1, 0.15) is 17.1 Å². The van der Waals surface area contributed by atoms with Gasteiger partial charge in [-0.3, -0.25) is 9.59 Å². The molecule has 1 aromatic heterocycles. The molecular weight excluding hydrogens is 304 g/mol. The van der Waals surface area contributed by atoms with Gasteiger partial charge in [-0.1, -0.05) is 29.8 Å². The number of anilines is 2.